The van der Waals surface area contributed by atoms with Gasteiger partial charge in [0.25, 0.3) is 0 Å². The third kappa shape index (κ3) is 4.66. The number of rotatable bonds is 7. The van der Waals surface area contributed by atoms with Crippen LogP contribution >= 0.6 is 22.7 Å². The summed E-state index contributed by atoms with van der Waals surface area (Å²) < 4.78 is 0. The minimum absolute atomic E-state index is 0.0330. The first kappa shape index (κ1) is 17.6. The van der Waals surface area contributed by atoms with E-state index in [0.29, 0.717) is 6.54 Å². The van der Waals surface area contributed by atoms with Crippen LogP contribution in [-0.2, 0) is 4.79 Å². The predicted octanol–water partition coefficient (Wildman–Crippen LogP) is 4.92. The molecule has 1 N–H and O–H groups in total. The van der Waals surface area contributed by atoms with E-state index in [1.54, 1.807) is 27.6 Å². The molecule has 3 rings (SSSR count). The molecule has 128 valence electrons. The lowest BCUT2D eigenvalue weighted by Crippen LogP contribution is -2.25. The number of carbonyl (C=O) groups is 1. The molecular weight excluding hydrogens is 350 g/mol. The summed E-state index contributed by atoms with van der Waals surface area (Å²) in [6, 6.07) is 14.8. The maximum Gasteiger partial charge on any atom is 0.317 e. The largest absolute Gasteiger partial charge is 0.480 e. The van der Waals surface area contributed by atoms with Crippen molar-refractivity contribution in [3.05, 3.63) is 75.1 Å². The van der Waals surface area contributed by atoms with Gasteiger partial charge < -0.3 is 5.11 Å². The normalized spacial score (nSPS) is 11.8. The topological polar surface area (TPSA) is 40.5 Å². The monoisotopic (exact) mass is 369 g/mol. The molecule has 0 aliphatic rings. The summed E-state index contributed by atoms with van der Waals surface area (Å²) >= 11 is 3.39. The lowest BCUT2D eigenvalue weighted by Gasteiger charge is -2.13. The van der Waals surface area contributed by atoms with E-state index in [-0.39, 0.29) is 6.54 Å². The van der Waals surface area contributed by atoms with Crippen LogP contribution in [0.3, 0.4) is 0 Å². The molecule has 0 spiro atoms. The van der Waals surface area contributed by atoms with Gasteiger partial charge in [-0.3, -0.25) is 9.69 Å². The Bertz CT molecular complexity index is 834. The van der Waals surface area contributed by atoms with Crippen molar-refractivity contribution < 1.29 is 9.90 Å². The fourth-order valence-electron chi connectivity index (χ4n) is 2.61. The Morgan fingerprint density at radius 1 is 1.12 bits per heavy atom. The molecule has 2 aromatic heterocycles. The minimum Gasteiger partial charge on any atom is -0.480 e. The van der Waals surface area contributed by atoms with E-state index in [4.69, 9.17) is 5.11 Å². The van der Waals surface area contributed by atoms with E-state index in [2.05, 4.69) is 58.6 Å². The van der Waals surface area contributed by atoms with Crippen LogP contribution < -0.4 is 0 Å². The fraction of sp³-hybridized carbons (Fsp3) is 0.150. The van der Waals surface area contributed by atoms with Crippen LogP contribution in [0, 0.1) is 0 Å². The molecular formula is C20H19NO2S2. The number of aliphatic carboxylic acids is 1. The Hall–Kier alpha value is -2.21. The molecule has 0 atom stereocenters. The Labute approximate surface area is 155 Å². The van der Waals surface area contributed by atoms with E-state index >= 15 is 0 Å². The molecule has 0 aliphatic carbocycles. The fourth-order valence-corrected chi connectivity index (χ4v) is 4.06. The molecule has 5 heteroatoms. The molecule has 0 fully saturated rings. The van der Waals surface area contributed by atoms with Crippen molar-refractivity contribution in [3.63, 3.8) is 0 Å². The summed E-state index contributed by atoms with van der Waals surface area (Å²) in [7, 11) is 1.82. The highest BCUT2D eigenvalue weighted by Crippen LogP contribution is 2.29. The van der Waals surface area contributed by atoms with E-state index in [9.17, 15) is 4.79 Å². The molecule has 0 aliphatic heterocycles. The van der Waals surface area contributed by atoms with Gasteiger partial charge in [-0.2, -0.15) is 11.3 Å². The number of carboxylic acids is 1. The molecule has 25 heavy (non-hydrogen) atoms. The first-order valence-corrected chi connectivity index (χ1v) is 9.73. The summed E-state index contributed by atoms with van der Waals surface area (Å²) in [6.45, 7) is 0.622. The molecule has 2 heterocycles. The number of likely N-dealkylation sites (N-methyl/N-ethyl adjacent to an activating group) is 1. The van der Waals surface area contributed by atoms with Crippen molar-refractivity contribution in [1.82, 2.24) is 4.90 Å². The van der Waals surface area contributed by atoms with Gasteiger partial charge in [0.1, 0.15) is 0 Å². The highest BCUT2D eigenvalue weighted by atomic mass is 32.1. The second-order valence-electron chi connectivity index (χ2n) is 5.77. The van der Waals surface area contributed by atoms with Crippen molar-refractivity contribution in [2.24, 2.45) is 0 Å². The number of hydrogen-bond donors (Lipinski definition) is 1. The van der Waals surface area contributed by atoms with Crippen LogP contribution in [0.5, 0.6) is 0 Å². The standard InChI is InChI=1S/C20H19NO2S2/c1-21(13-20(22)23)10-8-18(19-3-2-11-25-19)16-6-4-15(5-7-16)17-9-12-24-14-17/h2-9,11-12,14H,10,13H2,1H3,(H,22,23)/b18-8-. The van der Waals surface area contributed by atoms with Crippen LogP contribution in [-0.4, -0.2) is 36.1 Å². The van der Waals surface area contributed by atoms with E-state index in [0.717, 1.165) is 11.1 Å². The zero-order valence-corrected chi connectivity index (χ0v) is 15.5. The maximum absolute atomic E-state index is 10.8. The predicted molar refractivity (Wildman–Crippen MR) is 106 cm³/mol. The van der Waals surface area contributed by atoms with Crippen molar-refractivity contribution in [2.45, 2.75) is 0 Å². The van der Waals surface area contributed by atoms with Crippen LogP contribution in [0.2, 0.25) is 0 Å². The zero-order chi connectivity index (χ0) is 17.6. The summed E-state index contributed by atoms with van der Waals surface area (Å²) in [5.41, 5.74) is 4.73. The quantitative estimate of drug-likeness (QED) is 0.642. The average Bonchev–Trinajstić information content (AvgIpc) is 3.29. The Balaban J connectivity index is 1.86. The molecule has 0 amide bonds. The van der Waals surface area contributed by atoms with Gasteiger partial charge in [-0.25, -0.2) is 0 Å². The molecule has 0 saturated carbocycles. The molecule has 1 aromatic carbocycles. The second kappa shape index (κ2) is 8.25. The van der Waals surface area contributed by atoms with Gasteiger partial charge in [0.15, 0.2) is 0 Å². The van der Waals surface area contributed by atoms with E-state index in [1.807, 2.05) is 13.1 Å². The van der Waals surface area contributed by atoms with Crippen molar-refractivity contribution in [2.75, 3.05) is 20.1 Å². The van der Waals surface area contributed by atoms with Crippen LogP contribution in [0.4, 0.5) is 0 Å². The van der Waals surface area contributed by atoms with Gasteiger partial charge in [0, 0.05) is 11.4 Å². The molecule has 0 bridgehead atoms. The summed E-state index contributed by atoms with van der Waals surface area (Å²) in [6.07, 6.45) is 2.11. The third-order valence-electron chi connectivity index (χ3n) is 3.85. The SMILES string of the molecule is CN(C/C=C(/c1ccc(-c2ccsc2)cc1)c1cccs1)CC(=O)O. The van der Waals surface area contributed by atoms with Gasteiger partial charge >= 0.3 is 5.97 Å². The number of thiophene rings is 2. The molecule has 3 nitrogen and oxygen atoms in total. The lowest BCUT2D eigenvalue weighted by molar-refractivity contribution is -0.137. The first-order valence-electron chi connectivity index (χ1n) is 7.91. The third-order valence-corrected chi connectivity index (χ3v) is 5.44. The summed E-state index contributed by atoms with van der Waals surface area (Å²) in [5, 5.41) is 15.2. The smallest absolute Gasteiger partial charge is 0.317 e. The van der Waals surface area contributed by atoms with Crippen LogP contribution in [0.1, 0.15) is 10.4 Å². The van der Waals surface area contributed by atoms with Crippen LogP contribution in [0.15, 0.2) is 64.7 Å². The Morgan fingerprint density at radius 2 is 1.92 bits per heavy atom. The van der Waals surface area contributed by atoms with Crippen molar-refractivity contribution in [3.8, 4) is 11.1 Å². The van der Waals surface area contributed by atoms with Crippen LogP contribution in [0.25, 0.3) is 16.7 Å². The average molecular weight is 370 g/mol. The number of hydrogen-bond acceptors (Lipinski definition) is 4. The van der Waals surface area contributed by atoms with Gasteiger partial charge in [0.2, 0.25) is 0 Å². The van der Waals surface area contributed by atoms with Crippen molar-refractivity contribution >= 4 is 34.2 Å². The van der Waals surface area contributed by atoms with Gasteiger partial charge in [0.05, 0.1) is 6.54 Å². The molecule has 0 radical (unpaired) electrons. The highest BCUT2D eigenvalue weighted by Gasteiger charge is 2.09. The summed E-state index contributed by atoms with van der Waals surface area (Å²) in [5.74, 6) is -0.811. The van der Waals surface area contributed by atoms with Gasteiger partial charge in [-0.05, 0) is 57.6 Å². The highest BCUT2D eigenvalue weighted by molar-refractivity contribution is 7.11. The molecule has 0 saturated heterocycles. The van der Waals surface area contributed by atoms with E-state index in [1.165, 1.54) is 16.0 Å². The lowest BCUT2D eigenvalue weighted by atomic mass is 10.0. The zero-order valence-electron chi connectivity index (χ0n) is 13.9. The second-order valence-corrected chi connectivity index (χ2v) is 7.50. The molecule has 3 aromatic rings. The summed E-state index contributed by atoms with van der Waals surface area (Å²) in [4.78, 5) is 13.8. The van der Waals surface area contributed by atoms with Gasteiger partial charge in [-0.1, -0.05) is 36.4 Å². The number of nitrogens with zero attached hydrogens (tertiary/aromatic N) is 1. The Morgan fingerprint density at radius 3 is 2.52 bits per heavy atom. The van der Waals surface area contributed by atoms with Gasteiger partial charge in [-0.15, -0.1) is 11.3 Å². The Kier molecular flexibility index (Phi) is 5.81. The number of carboxylic acid groups (broad SMARTS) is 1. The number of benzene rings is 1. The first-order chi connectivity index (χ1) is 12.1. The minimum atomic E-state index is -0.811. The van der Waals surface area contributed by atoms with E-state index < -0.39 is 5.97 Å². The van der Waals surface area contributed by atoms with Crippen molar-refractivity contribution in [1.29, 1.82) is 0 Å². The molecule has 0 unspecified atom stereocenters. The maximum atomic E-state index is 10.8.